The number of methoxy groups -OCH3 is 1. The highest BCUT2D eigenvalue weighted by Crippen LogP contribution is 2.28. The van der Waals surface area contributed by atoms with Gasteiger partial charge in [-0.25, -0.2) is 0 Å². The maximum Gasteiger partial charge on any atom is 0.253 e. The molecule has 0 radical (unpaired) electrons. The third-order valence-corrected chi connectivity index (χ3v) is 6.79. The van der Waals surface area contributed by atoms with Gasteiger partial charge in [-0.1, -0.05) is 11.6 Å². The Morgan fingerprint density at radius 2 is 1.58 bits per heavy atom. The van der Waals surface area contributed by atoms with Gasteiger partial charge in [0, 0.05) is 55.5 Å². The standard InChI is InChI=1S/C26H31ClN2O4/c1-32-22-9-5-19(6-10-22)26(31)29-16-13-24(33-23-11-7-21(27)8-12-23)20(18-29)17-25(30)28-14-3-2-4-15-28/h5-12,20,24H,2-4,13-18H2,1H3/t20-,24-/m0/s1. The highest BCUT2D eigenvalue weighted by Gasteiger charge is 2.35. The lowest BCUT2D eigenvalue weighted by Gasteiger charge is -2.39. The van der Waals surface area contributed by atoms with Crippen molar-refractivity contribution in [3.8, 4) is 11.5 Å². The molecule has 2 amide bonds. The van der Waals surface area contributed by atoms with Crippen LogP contribution in [0, 0.1) is 5.92 Å². The molecule has 0 N–H and O–H groups in total. The number of ether oxygens (including phenoxy) is 2. The van der Waals surface area contributed by atoms with Crippen molar-refractivity contribution < 1.29 is 19.1 Å². The summed E-state index contributed by atoms with van der Waals surface area (Å²) in [6.07, 6.45) is 4.21. The monoisotopic (exact) mass is 470 g/mol. The number of hydrogen-bond acceptors (Lipinski definition) is 4. The summed E-state index contributed by atoms with van der Waals surface area (Å²) in [5, 5.41) is 0.652. The van der Waals surface area contributed by atoms with Crippen LogP contribution in [0.5, 0.6) is 11.5 Å². The number of carbonyl (C=O) groups excluding carboxylic acids is 2. The minimum absolute atomic E-state index is 0.0296. The van der Waals surface area contributed by atoms with Crippen molar-refractivity contribution in [1.29, 1.82) is 0 Å². The van der Waals surface area contributed by atoms with E-state index in [9.17, 15) is 9.59 Å². The van der Waals surface area contributed by atoms with E-state index in [-0.39, 0.29) is 23.8 Å². The topological polar surface area (TPSA) is 59.1 Å². The molecule has 2 aliphatic heterocycles. The van der Waals surface area contributed by atoms with Crippen LogP contribution in [-0.2, 0) is 4.79 Å². The molecule has 176 valence electrons. The summed E-state index contributed by atoms with van der Waals surface area (Å²) < 4.78 is 11.5. The largest absolute Gasteiger partial charge is 0.497 e. The number of hydrogen-bond donors (Lipinski definition) is 0. The van der Waals surface area contributed by atoms with Gasteiger partial charge in [0.1, 0.15) is 17.6 Å². The van der Waals surface area contributed by atoms with Gasteiger partial charge in [-0.3, -0.25) is 9.59 Å². The normalized spacial score (nSPS) is 20.9. The number of carbonyl (C=O) groups is 2. The first-order valence-electron chi connectivity index (χ1n) is 11.7. The van der Waals surface area contributed by atoms with Gasteiger partial charge in [-0.05, 0) is 67.8 Å². The average molecular weight is 471 g/mol. The SMILES string of the molecule is COc1ccc(C(=O)N2CC[C@H](Oc3ccc(Cl)cc3)[C@@H](CC(=O)N3CCCCC3)C2)cc1. The van der Waals surface area contributed by atoms with Crippen molar-refractivity contribution in [3.05, 3.63) is 59.1 Å². The Balaban J connectivity index is 1.48. The Kier molecular flexibility index (Phi) is 7.76. The highest BCUT2D eigenvalue weighted by molar-refractivity contribution is 6.30. The molecule has 2 atom stereocenters. The fraction of sp³-hybridized carbons (Fsp3) is 0.462. The van der Waals surface area contributed by atoms with E-state index in [0.29, 0.717) is 42.3 Å². The van der Waals surface area contributed by atoms with Gasteiger partial charge in [-0.2, -0.15) is 0 Å². The Labute approximate surface area is 200 Å². The second kappa shape index (κ2) is 10.9. The molecular formula is C26H31ClN2O4. The zero-order valence-electron chi connectivity index (χ0n) is 19.0. The third-order valence-electron chi connectivity index (χ3n) is 6.54. The van der Waals surface area contributed by atoms with Crippen molar-refractivity contribution >= 4 is 23.4 Å². The molecule has 2 aromatic rings. The van der Waals surface area contributed by atoms with E-state index in [0.717, 1.165) is 31.7 Å². The molecule has 2 saturated heterocycles. The Morgan fingerprint density at radius 1 is 0.909 bits per heavy atom. The number of rotatable bonds is 6. The quantitative estimate of drug-likeness (QED) is 0.616. The number of nitrogens with zero attached hydrogens (tertiary/aromatic N) is 2. The van der Waals surface area contributed by atoms with Crippen LogP contribution < -0.4 is 9.47 Å². The third kappa shape index (κ3) is 5.99. The number of benzene rings is 2. The molecule has 0 aromatic heterocycles. The molecule has 33 heavy (non-hydrogen) atoms. The van der Waals surface area contributed by atoms with Crippen LogP contribution in [0.4, 0.5) is 0 Å². The molecule has 2 fully saturated rings. The minimum atomic E-state index is -0.139. The maximum absolute atomic E-state index is 13.2. The van der Waals surface area contributed by atoms with E-state index >= 15 is 0 Å². The lowest BCUT2D eigenvalue weighted by Crippen LogP contribution is -2.49. The molecule has 4 rings (SSSR count). The van der Waals surface area contributed by atoms with Gasteiger partial charge >= 0.3 is 0 Å². The summed E-state index contributed by atoms with van der Waals surface area (Å²) in [5.41, 5.74) is 0.619. The van der Waals surface area contributed by atoms with E-state index in [1.165, 1.54) is 6.42 Å². The fourth-order valence-corrected chi connectivity index (χ4v) is 4.77. The lowest BCUT2D eigenvalue weighted by atomic mass is 9.90. The van der Waals surface area contributed by atoms with Crippen molar-refractivity contribution in [2.24, 2.45) is 5.92 Å². The highest BCUT2D eigenvalue weighted by atomic mass is 35.5. The number of piperidine rings is 2. The summed E-state index contributed by atoms with van der Waals surface area (Å²) in [5.74, 6) is 1.49. The molecule has 0 aliphatic carbocycles. The van der Waals surface area contributed by atoms with Gasteiger partial charge in [0.05, 0.1) is 7.11 Å². The first kappa shape index (κ1) is 23.4. The van der Waals surface area contributed by atoms with Crippen LogP contribution in [0.2, 0.25) is 5.02 Å². The van der Waals surface area contributed by atoms with E-state index in [1.807, 2.05) is 21.9 Å². The molecule has 0 spiro atoms. The van der Waals surface area contributed by atoms with Gasteiger partial charge in [0.2, 0.25) is 5.91 Å². The van der Waals surface area contributed by atoms with Crippen LogP contribution in [0.1, 0.15) is 42.5 Å². The molecule has 2 aliphatic rings. The summed E-state index contributed by atoms with van der Waals surface area (Å²) in [6, 6.07) is 14.4. The number of likely N-dealkylation sites (tertiary alicyclic amines) is 2. The van der Waals surface area contributed by atoms with Crippen LogP contribution in [0.15, 0.2) is 48.5 Å². The summed E-state index contributed by atoms with van der Waals surface area (Å²) in [6.45, 7) is 2.71. The van der Waals surface area contributed by atoms with Gasteiger partial charge in [-0.15, -0.1) is 0 Å². The Morgan fingerprint density at radius 3 is 2.24 bits per heavy atom. The van der Waals surface area contributed by atoms with Crippen LogP contribution in [0.3, 0.4) is 0 Å². The van der Waals surface area contributed by atoms with Crippen molar-refractivity contribution in [1.82, 2.24) is 9.80 Å². The second-order valence-electron chi connectivity index (χ2n) is 8.78. The molecule has 2 heterocycles. The van der Waals surface area contributed by atoms with Crippen molar-refractivity contribution in [2.45, 2.75) is 38.2 Å². The van der Waals surface area contributed by atoms with Gasteiger partial charge in [0.25, 0.3) is 5.91 Å². The van der Waals surface area contributed by atoms with Crippen molar-refractivity contribution in [2.75, 3.05) is 33.3 Å². The molecular weight excluding hydrogens is 440 g/mol. The van der Waals surface area contributed by atoms with Crippen LogP contribution in [-0.4, -0.2) is 61.0 Å². The van der Waals surface area contributed by atoms with E-state index in [1.54, 1.807) is 43.5 Å². The fourth-order valence-electron chi connectivity index (χ4n) is 4.65. The van der Waals surface area contributed by atoms with E-state index in [4.69, 9.17) is 21.1 Å². The molecule has 6 nitrogen and oxygen atoms in total. The number of halogens is 1. The molecule has 0 saturated carbocycles. The number of amides is 2. The van der Waals surface area contributed by atoms with Crippen LogP contribution >= 0.6 is 11.6 Å². The zero-order valence-corrected chi connectivity index (χ0v) is 19.8. The second-order valence-corrected chi connectivity index (χ2v) is 9.22. The Bertz CT molecular complexity index is 942. The summed E-state index contributed by atoms with van der Waals surface area (Å²) in [7, 11) is 1.60. The van der Waals surface area contributed by atoms with Gasteiger partial charge in [0.15, 0.2) is 0 Å². The predicted octanol–water partition coefficient (Wildman–Crippen LogP) is 4.66. The zero-order chi connectivity index (χ0) is 23.2. The van der Waals surface area contributed by atoms with E-state index in [2.05, 4.69) is 0 Å². The first-order chi connectivity index (χ1) is 16.0. The smallest absolute Gasteiger partial charge is 0.253 e. The average Bonchev–Trinajstić information content (AvgIpc) is 2.86. The summed E-state index contributed by atoms with van der Waals surface area (Å²) in [4.78, 5) is 30.0. The molecule has 2 aromatic carbocycles. The Hall–Kier alpha value is -2.73. The molecule has 0 unspecified atom stereocenters. The predicted molar refractivity (Wildman–Crippen MR) is 128 cm³/mol. The minimum Gasteiger partial charge on any atom is -0.497 e. The molecule has 7 heteroatoms. The van der Waals surface area contributed by atoms with E-state index < -0.39 is 0 Å². The first-order valence-corrected chi connectivity index (χ1v) is 12.0. The van der Waals surface area contributed by atoms with Crippen molar-refractivity contribution in [3.63, 3.8) is 0 Å². The maximum atomic E-state index is 13.2. The van der Waals surface area contributed by atoms with Gasteiger partial charge < -0.3 is 19.3 Å². The summed E-state index contributed by atoms with van der Waals surface area (Å²) >= 11 is 6.01. The van der Waals surface area contributed by atoms with Crippen LogP contribution in [0.25, 0.3) is 0 Å². The molecule has 0 bridgehead atoms. The lowest BCUT2D eigenvalue weighted by molar-refractivity contribution is -0.134.